The zero-order valence-corrected chi connectivity index (χ0v) is 25.1. The summed E-state index contributed by atoms with van der Waals surface area (Å²) in [7, 11) is 0. The highest BCUT2D eigenvalue weighted by atomic mass is 16.1. The van der Waals surface area contributed by atoms with Gasteiger partial charge in [-0.05, 0) is 148 Å². The second-order valence-corrected chi connectivity index (χ2v) is 13.1. The molecule has 1 N–H and O–H groups in total. The zero-order chi connectivity index (χ0) is 28.3. The predicted octanol–water partition coefficient (Wildman–Crippen LogP) is 9.05. The van der Waals surface area contributed by atoms with E-state index in [1.807, 2.05) is 6.07 Å². The van der Waals surface area contributed by atoms with Gasteiger partial charge >= 0.3 is 0 Å². The largest absolute Gasteiger partial charge is 0.371 e. The maximum Gasteiger partial charge on any atom is 0.257 e. The van der Waals surface area contributed by atoms with E-state index in [1.54, 1.807) is 0 Å². The first-order valence-corrected chi connectivity index (χ1v) is 15.9. The highest BCUT2D eigenvalue weighted by molar-refractivity contribution is 6.08. The molecule has 1 saturated heterocycles. The lowest BCUT2D eigenvalue weighted by Crippen LogP contribution is -2.35. The molecule has 3 aromatic carbocycles. The van der Waals surface area contributed by atoms with E-state index in [1.165, 1.54) is 71.9 Å². The van der Waals surface area contributed by atoms with Crippen LogP contribution in [-0.2, 0) is 19.3 Å². The number of piperidine rings is 1. The Morgan fingerprint density at radius 3 is 2.56 bits per heavy atom. The third-order valence-electron chi connectivity index (χ3n) is 9.69. The smallest absolute Gasteiger partial charge is 0.257 e. The van der Waals surface area contributed by atoms with Crippen molar-refractivity contribution < 1.29 is 4.79 Å². The van der Waals surface area contributed by atoms with E-state index in [2.05, 4.69) is 85.2 Å². The number of fused-ring (bicyclic) bond motifs is 1. The molecule has 0 bridgehead atoms. The van der Waals surface area contributed by atoms with Crippen molar-refractivity contribution in [3.63, 3.8) is 0 Å². The van der Waals surface area contributed by atoms with Crippen LogP contribution in [0.4, 0.5) is 11.4 Å². The Morgan fingerprint density at radius 2 is 1.78 bits per heavy atom. The van der Waals surface area contributed by atoms with Gasteiger partial charge in [0.25, 0.3) is 5.91 Å². The van der Waals surface area contributed by atoms with Crippen molar-refractivity contribution in [1.29, 1.82) is 0 Å². The van der Waals surface area contributed by atoms with Crippen LogP contribution in [-0.4, -0.2) is 19.0 Å². The summed E-state index contributed by atoms with van der Waals surface area (Å²) >= 11 is 0. The number of benzene rings is 3. The molecule has 0 spiro atoms. The van der Waals surface area contributed by atoms with Gasteiger partial charge in [0.05, 0.1) is 5.56 Å². The molecular formula is C38H46N2O. The number of hydrogen-bond acceptors (Lipinski definition) is 2. The van der Waals surface area contributed by atoms with Crippen LogP contribution in [0.3, 0.4) is 0 Å². The summed E-state index contributed by atoms with van der Waals surface area (Å²) in [5, 5.41) is 3.20. The summed E-state index contributed by atoms with van der Waals surface area (Å²) < 4.78 is 0. The maximum absolute atomic E-state index is 13.5. The highest BCUT2D eigenvalue weighted by Gasteiger charge is 2.32. The van der Waals surface area contributed by atoms with E-state index < -0.39 is 0 Å². The Bertz CT molecular complexity index is 1410. The summed E-state index contributed by atoms with van der Waals surface area (Å²) in [6.45, 7) is 10.5. The number of aryl methyl sites for hydroxylation is 4. The number of allylic oxidation sites excluding steroid dienone is 1. The fourth-order valence-corrected chi connectivity index (χ4v) is 7.19. The number of nitrogens with one attached hydrogen (secondary N) is 1. The van der Waals surface area contributed by atoms with Gasteiger partial charge in [0, 0.05) is 24.5 Å². The van der Waals surface area contributed by atoms with Crippen LogP contribution in [0.5, 0.6) is 0 Å². The van der Waals surface area contributed by atoms with Crippen LogP contribution in [0.1, 0.15) is 96.0 Å². The molecule has 0 aromatic heterocycles. The first kappa shape index (κ1) is 27.8. The minimum atomic E-state index is -0.00361. The number of anilines is 2. The Balaban J connectivity index is 1.06. The van der Waals surface area contributed by atoms with Crippen molar-refractivity contribution in [3.05, 3.63) is 106 Å². The van der Waals surface area contributed by atoms with Gasteiger partial charge in [0.2, 0.25) is 0 Å². The molecule has 2 fully saturated rings. The topological polar surface area (TPSA) is 32.3 Å². The SMILES string of the molecule is C=C(C)CC(c1cccc(CCC2CCN(c3cc(C)ccc3C(=O)Nc3ccc4c(c3)CCC4)CC2)c1)C1CC1. The number of hydrogen-bond donors (Lipinski definition) is 1. The molecule has 3 aromatic rings. The second-order valence-electron chi connectivity index (χ2n) is 13.1. The average molecular weight is 547 g/mol. The maximum atomic E-state index is 13.5. The molecule has 3 nitrogen and oxygen atoms in total. The van der Waals surface area contributed by atoms with Crippen LogP contribution >= 0.6 is 0 Å². The summed E-state index contributed by atoms with van der Waals surface area (Å²) in [6, 6.07) is 22.1. The lowest BCUT2D eigenvalue weighted by molar-refractivity contribution is 0.102. The molecule has 0 radical (unpaired) electrons. The Kier molecular flexibility index (Phi) is 8.32. The monoisotopic (exact) mass is 546 g/mol. The van der Waals surface area contributed by atoms with E-state index in [-0.39, 0.29) is 5.91 Å². The van der Waals surface area contributed by atoms with Crippen molar-refractivity contribution in [2.75, 3.05) is 23.3 Å². The summed E-state index contributed by atoms with van der Waals surface area (Å²) in [5.74, 6) is 2.24. The van der Waals surface area contributed by atoms with Crippen molar-refractivity contribution >= 4 is 17.3 Å². The first-order valence-electron chi connectivity index (χ1n) is 15.9. The Morgan fingerprint density at radius 1 is 0.976 bits per heavy atom. The number of rotatable bonds is 10. The predicted molar refractivity (Wildman–Crippen MR) is 172 cm³/mol. The van der Waals surface area contributed by atoms with Crippen LogP contribution < -0.4 is 10.2 Å². The molecule has 3 aliphatic rings. The average Bonchev–Trinajstić information content (AvgIpc) is 3.71. The van der Waals surface area contributed by atoms with Gasteiger partial charge in [0.15, 0.2) is 0 Å². The van der Waals surface area contributed by atoms with Crippen molar-refractivity contribution in [3.8, 4) is 0 Å². The normalized spacial score (nSPS) is 17.8. The molecule has 1 heterocycles. The standard InChI is InChI=1S/C38H46N2O/c1-26(2)22-36(31-13-14-31)33-9-4-6-29(24-33)12-11-28-18-20-40(21-19-28)37-23-27(3)10-17-35(37)38(41)39-34-16-15-30-7-5-8-32(30)25-34/h4,6,9-10,15-17,23-25,28,31,36H,1,5,7-8,11-14,18-22H2,2-3H3,(H,39,41). The highest BCUT2D eigenvalue weighted by Crippen LogP contribution is 2.45. The van der Waals surface area contributed by atoms with Gasteiger partial charge in [-0.1, -0.05) is 42.0 Å². The minimum Gasteiger partial charge on any atom is -0.371 e. The van der Waals surface area contributed by atoms with Gasteiger partial charge in [-0.2, -0.15) is 0 Å². The fraction of sp³-hybridized carbons (Fsp3) is 0.447. The van der Waals surface area contributed by atoms with Gasteiger partial charge in [0.1, 0.15) is 0 Å². The molecule has 1 amide bonds. The lowest BCUT2D eigenvalue weighted by atomic mass is 9.86. The first-order chi connectivity index (χ1) is 19.9. The van der Waals surface area contributed by atoms with Crippen LogP contribution in [0, 0.1) is 18.8 Å². The minimum absolute atomic E-state index is 0.00361. The number of amides is 1. The third-order valence-corrected chi connectivity index (χ3v) is 9.69. The van der Waals surface area contributed by atoms with E-state index in [9.17, 15) is 4.79 Å². The molecule has 1 aliphatic heterocycles. The van der Waals surface area contributed by atoms with Crippen LogP contribution in [0.25, 0.3) is 0 Å². The lowest BCUT2D eigenvalue weighted by Gasteiger charge is -2.35. The Hall–Kier alpha value is -3.33. The van der Waals surface area contributed by atoms with Crippen LogP contribution in [0.15, 0.2) is 72.8 Å². The molecule has 1 atom stereocenters. The van der Waals surface area contributed by atoms with Crippen LogP contribution in [0.2, 0.25) is 0 Å². The van der Waals surface area contributed by atoms with Gasteiger partial charge in [-0.15, -0.1) is 6.58 Å². The van der Waals surface area contributed by atoms with E-state index in [0.717, 1.165) is 67.5 Å². The number of carbonyl (C=O) groups excluding carboxylic acids is 1. The molecule has 6 rings (SSSR count). The molecular weight excluding hydrogens is 500 g/mol. The van der Waals surface area contributed by atoms with Gasteiger partial charge < -0.3 is 10.2 Å². The molecule has 1 unspecified atom stereocenters. The summed E-state index contributed by atoms with van der Waals surface area (Å²) in [4.78, 5) is 15.9. The Labute approximate surface area is 247 Å². The third kappa shape index (κ3) is 6.77. The molecule has 41 heavy (non-hydrogen) atoms. The molecule has 214 valence electrons. The van der Waals surface area contributed by atoms with E-state index in [0.29, 0.717) is 5.92 Å². The van der Waals surface area contributed by atoms with E-state index in [4.69, 9.17) is 0 Å². The second kappa shape index (κ2) is 12.3. The van der Waals surface area contributed by atoms with E-state index >= 15 is 0 Å². The van der Waals surface area contributed by atoms with Gasteiger partial charge in [-0.25, -0.2) is 0 Å². The fourth-order valence-electron chi connectivity index (χ4n) is 7.19. The quantitative estimate of drug-likeness (QED) is 0.257. The summed E-state index contributed by atoms with van der Waals surface area (Å²) in [6.07, 6.45) is 12.1. The van der Waals surface area contributed by atoms with Gasteiger partial charge in [-0.3, -0.25) is 4.79 Å². The van der Waals surface area contributed by atoms with Crippen molar-refractivity contribution in [2.45, 2.75) is 84.0 Å². The zero-order valence-electron chi connectivity index (χ0n) is 25.1. The molecule has 1 saturated carbocycles. The number of nitrogens with zero attached hydrogens (tertiary/aromatic N) is 1. The van der Waals surface area contributed by atoms with Crippen molar-refractivity contribution in [1.82, 2.24) is 0 Å². The van der Waals surface area contributed by atoms with Crippen molar-refractivity contribution in [2.24, 2.45) is 11.8 Å². The number of carbonyl (C=O) groups is 1. The molecule has 2 aliphatic carbocycles. The molecule has 3 heteroatoms. The summed E-state index contributed by atoms with van der Waals surface area (Å²) in [5.41, 5.74) is 11.1.